The second kappa shape index (κ2) is 3.83. The van der Waals surface area contributed by atoms with E-state index >= 15 is 0 Å². The average Bonchev–Trinajstić information content (AvgIpc) is 2.30. The topological polar surface area (TPSA) is 47.9 Å². The molecule has 0 amide bonds. The third-order valence-electron chi connectivity index (χ3n) is 1.85. The highest BCUT2D eigenvalue weighted by molar-refractivity contribution is 5.64. The van der Waals surface area contributed by atoms with Gasteiger partial charge in [0.2, 0.25) is 0 Å². The lowest BCUT2D eigenvalue weighted by Gasteiger charge is -2.05. The Morgan fingerprint density at radius 2 is 1.93 bits per heavy atom. The number of hydrogen-bond donors (Lipinski definition) is 0. The summed E-state index contributed by atoms with van der Waals surface area (Å²) in [6.45, 7) is 0. The average molecular weight is 187 g/mol. The van der Waals surface area contributed by atoms with E-state index in [1.165, 1.54) is 6.33 Å². The SMILES string of the molecule is COc1cncnc1-c1ccncc1. The molecule has 0 N–H and O–H groups in total. The fourth-order valence-electron chi connectivity index (χ4n) is 1.19. The van der Waals surface area contributed by atoms with Crippen LogP contribution in [0.1, 0.15) is 0 Å². The van der Waals surface area contributed by atoms with Crippen LogP contribution in [0.2, 0.25) is 0 Å². The Balaban J connectivity index is 2.51. The fourth-order valence-corrected chi connectivity index (χ4v) is 1.19. The molecule has 2 heterocycles. The molecular formula is C10H9N3O. The summed E-state index contributed by atoms with van der Waals surface area (Å²) < 4.78 is 5.15. The summed E-state index contributed by atoms with van der Waals surface area (Å²) in [6.07, 6.45) is 6.58. The van der Waals surface area contributed by atoms with Crippen molar-refractivity contribution in [1.82, 2.24) is 15.0 Å². The molecule has 0 aromatic carbocycles. The first-order valence-corrected chi connectivity index (χ1v) is 4.16. The van der Waals surface area contributed by atoms with Crippen LogP contribution in [0.15, 0.2) is 37.1 Å². The van der Waals surface area contributed by atoms with Crippen molar-refractivity contribution >= 4 is 0 Å². The molecule has 0 saturated carbocycles. The first kappa shape index (κ1) is 8.62. The first-order chi connectivity index (χ1) is 6.92. The van der Waals surface area contributed by atoms with E-state index in [1.54, 1.807) is 25.7 Å². The number of rotatable bonds is 2. The summed E-state index contributed by atoms with van der Waals surface area (Å²) in [6, 6.07) is 3.76. The van der Waals surface area contributed by atoms with Gasteiger partial charge in [0, 0.05) is 18.0 Å². The van der Waals surface area contributed by atoms with Crippen molar-refractivity contribution in [3.8, 4) is 17.0 Å². The van der Waals surface area contributed by atoms with Gasteiger partial charge in [0.1, 0.15) is 12.0 Å². The molecule has 0 atom stereocenters. The van der Waals surface area contributed by atoms with Crippen LogP contribution in [0, 0.1) is 0 Å². The van der Waals surface area contributed by atoms with Gasteiger partial charge >= 0.3 is 0 Å². The normalized spacial score (nSPS) is 9.79. The monoisotopic (exact) mass is 187 g/mol. The smallest absolute Gasteiger partial charge is 0.163 e. The van der Waals surface area contributed by atoms with Crippen molar-refractivity contribution in [2.24, 2.45) is 0 Å². The van der Waals surface area contributed by atoms with Gasteiger partial charge in [-0.25, -0.2) is 9.97 Å². The van der Waals surface area contributed by atoms with Crippen molar-refractivity contribution < 1.29 is 4.74 Å². The minimum absolute atomic E-state index is 0.665. The number of pyridine rings is 1. The van der Waals surface area contributed by atoms with Crippen LogP contribution in [0.3, 0.4) is 0 Å². The van der Waals surface area contributed by atoms with Crippen molar-refractivity contribution in [1.29, 1.82) is 0 Å². The highest BCUT2D eigenvalue weighted by Crippen LogP contribution is 2.24. The molecule has 0 bridgehead atoms. The van der Waals surface area contributed by atoms with Crippen LogP contribution >= 0.6 is 0 Å². The maximum absolute atomic E-state index is 5.15. The summed E-state index contributed by atoms with van der Waals surface area (Å²) in [5.41, 5.74) is 1.75. The van der Waals surface area contributed by atoms with E-state index < -0.39 is 0 Å². The Kier molecular flexibility index (Phi) is 2.36. The Morgan fingerprint density at radius 1 is 1.14 bits per heavy atom. The maximum Gasteiger partial charge on any atom is 0.163 e. The number of nitrogens with zero attached hydrogens (tertiary/aromatic N) is 3. The van der Waals surface area contributed by atoms with Crippen LogP contribution in [-0.2, 0) is 0 Å². The Labute approximate surface area is 81.6 Å². The summed E-state index contributed by atoms with van der Waals surface area (Å²) in [7, 11) is 1.60. The van der Waals surface area contributed by atoms with Crippen molar-refractivity contribution in [2.75, 3.05) is 7.11 Å². The highest BCUT2D eigenvalue weighted by atomic mass is 16.5. The Bertz CT molecular complexity index is 417. The molecule has 2 aromatic heterocycles. The Hall–Kier alpha value is -1.97. The van der Waals surface area contributed by atoms with Gasteiger partial charge in [-0.2, -0.15) is 0 Å². The second-order valence-corrected chi connectivity index (χ2v) is 2.68. The molecule has 2 rings (SSSR count). The standard InChI is InChI=1S/C10H9N3O/c1-14-9-6-12-7-13-10(9)8-2-4-11-5-3-8/h2-7H,1H3. The third-order valence-corrected chi connectivity index (χ3v) is 1.85. The zero-order chi connectivity index (χ0) is 9.80. The van der Waals surface area contributed by atoms with Gasteiger partial charge in [-0.15, -0.1) is 0 Å². The highest BCUT2D eigenvalue weighted by Gasteiger charge is 2.05. The Morgan fingerprint density at radius 3 is 2.64 bits per heavy atom. The van der Waals surface area contributed by atoms with E-state index in [1.807, 2.05) is 12.1 Å². The van der Waals surface area contributed by atoms with Gasteiger partial charge in [0.25, 0.3) is 0 Å². The molecule has 4 heteroatoms. The zero-order valence-corrected chi connectivity index (χ0v) is 7.71. The largest absolute Gasteiger partial charge is 0.493 e. The molecular weight excluding hydrogens is 178 g/mol. The molecule has 0 spiro atoms. The molecule has 0 aliphatic rings. The van der Waals surface area contributed by atoms with E-state index in [-0.39, 0.29) is 0 Å². The lowest BCUT2D eigenvalue weighted by atomic mass is 10.2. The van der Waals surface area contributed by atoms with E-state index in [4.69, 9.17) is 4.74 Å². The van der Waals surface area contributed by atoms with Crippen LogP contribution in [-0.4, -0.2) is 22.1 Å². The van der Waals surface area contributed by atoms with Gasteiger partial charge in [-0.1, -0.05) is 0 Å². The molecule has 4 nitrogen and oxygen atoms in total. The van der Waals surface area contributed by atoms with Gasteiger partial charge in [-0.3, -0.25) is 4.98 Å². The van der Waals surface area contributed by atoms with Gasteiger partial charge in [0.05, 0.1) is 13.3 Å². The molecule has 0 unspecified atom stereocenters. The van der Waals surface area contributed by atoms with E-state index in [2.05, 4.69) is 15.0 Å². The van der Waals surface area contributed by atoms with Crippen molar-refractivity contribution in [3.63, 3.8) is 0 Å². The summed E-state index contributed by atoms with van der Waals surface area (Å²) in [4.78, 5) is 12.0. The van der Waals surface area contributed by atoms with Crippen molar-refractivity contribution in [3.05, 3.63) is 37.1 Å². The quantitative estimate of drug-likeness (QED) is 0.715. The summed E-state index contributed by atoms with van der Waals surface area (Å²) in [5.74, 6) is 0.665. The molecule has 0 radical (unpaired) electrons. The third kappa shape index (κ3) is 1.54. The number of aromatic nitrogens is 3. The molecule has 14 heavy (non-hydrogen) atoms. The first-order valence-electron chi connectivity index (χ1n) is 4.16. The molecule has 0 saturated heterocycles. The molecule has 2 aromatic rings. The fraction of sp³-hybridized carbons (Fsp3) is 0.100. The minimum Gasteiger partial charge on any atom is -0.493 e. The zero-order valence-electron chi connectivity index (χ0n) is 7.71. The van der Waals surface area contributed by atoms with Gasteiger partial charge in [-0.05, 0) is 12.1 Å². The number of ether oxygens (including phenoxy) is 1. The molecule has 0 aliphatic heterocycles. The molecule has 0 fully saturated rings. The van der Waals surface area contributed by atoms with E-state index in [0.717, 1.165) is 11.3 Å². The van der Waals surface area contributed by atoms with E-state index in [0.29, 0.717) is 5.75 Å². The lowest BCUT2D eigenvalue weighted by molar-refractivity contribution is 0.412. The second-order valence-electron chi connectivity index (χ2n) is 2.68. The lowest BCUT2D eigenvalue weighted by Crippen LogP contribution is -1.92. The van der Waals surface area contributed by atoms with Crippen LogP contribution in [0.25, 0.3) is 11.3 Å². The molecule has 0 aliphatic carbocycles. The summed E-state index contributed by atoms with van der Waals surface area (Å²) >= 11 is 0. The maximum atomic E-state index is 5.15. The van der Waals surface area contributed by atoms with Crippen LogP contribution in [0.5, 0.6) is 5.75 Å². The van der Waals surface area contributed by atoms with Crippen molar-refractivity contribution in [2.45, 2.75) is 0 Å². The summed E-state index contributed by atoms with van der Waals surface area (Å²) in [5, 5.41) is 0. The van der Waals surface area contributed by atoms with Crippen LogP contribution in [0.4, 0.5) is 0 Å². The predicted octanol–water partition coefficient (Wildman–Crippen LogP) is 1.55. The van der Waals surface area contributed by atoms with Crippen LogP contribution < -0.4 is 4.74 Å². The number of hydrogen-bond acceptors (Lipinski definition) is 4. The van der Waals surface area contributed by atoms with E-state index in [9.17, 15) is 0 Å². The predicted molar refractivity (Wildman–Crippen MR) is 51.8 cm³/mol. The minimum atomic E-state index is 0.665. The number of methoxy groups -OCH3 is 1. The van der Waals surface area contributed by atoms with Gasteiger partial charge in [0.15, 0.2) is 5.75 Å². The molecule has 70 valence electrons. The van der Waals surface area contributed by atoms with Gasteiger partial charge < -0.3 is 4.74 Å².